The van der Waals surface area contributed by atoms with Gasteiger partial charge in [-0.25, -0.2) is 4.98 Å². The number of nitrogens with zero attached hydrogens (tertiary/aromatic N) is 1. The van der Waals surface area contributed by atoms with Gasteiger partial charge in [0.1, 0.15) is 23.2 Å². The van der Waals surface area contributed by atoms with E-state index < -0.39 is 53.7 Å². The van der Waals surface area contributed by atoms with Gasteiger partial charge in [-0.2, -0.15) is 0 Å². The molecule has 5 atom stereocenters. The van der Waals surface area contributed by atoms with Gasteiger partial charge in [0.2, 0.25) is 5.78 Å². The number of hydrogen-bond donors (Lipinski definition) is 1. The molecule has 5 rings (SSSR count). The Hall–Kier alpha value is -4.02. The highest BCUT2D eigenvalue weighted by atomic mass is 35.5. The van der Waals surface area contributed by atoms with Crippen molar-refractivity contribution < 1.29 is 47.7 Å². The maximum Gasteiger partial charge on any atom is 0.303 e. The van der Waals surface area contributed by atoms with E-state index in [1.165, 1.54) is 18.3 Å². The summed E-state index contributed by atoms with van der Waals surface area (Å²) in [6.07, 6.45) is -5.15. The number of thiazole rings is 1. The monoisotopic (exact) mass is 732 g/mol. The molecule has 0 radical (unpaired) electrons. The zero-order valence-corrected chi connectivity index (χ0v) is 29.1. The third kappa shape index (κ3) is 7.98. The number of para-hydroxylation sites is 1. The number of halogens is 1. The predicted molar refractivity (Wildman–Crippen MR) is 180 cm³/mol. The number of thioether (sulfide) groups is 1. The highest BCUT2D eigenvalue weighted by molar-refractivity contribution is 8.01. The molecule has 1 saturated heterocycles. The fourth-order valence-electron chi connectivity index (χ4n) is 4.98. The fraction of sp³-hybridized carbons (Fsp3) is 0.312. The lowest BCUT2D eigenvalue weighted by Crippen LogP contribution is -2.61. The number of thiophene rings is 1. The van der Waals surface area contributed by atoms with Gasteiger partial charge in [-0.15, -0.1) is 22.7 Å². The van der Waals surface area contributed by atoms with Crippen LogP contribution in [0.5, 0.6) is 0 Å². The second-order valence-corrected chi connectivity index (χ2v) is 14.4. The first-order chi connectivity index (χ1) is 22.8. The average molecular weight is 733 g/mol. The quantitative estimate of drug-likeness (QED) is 0.120. The Balaban J connectivity index is 1.64. The molecule has 4 aromatic rings. The van der Waals surface area contributed by atoms with Crippen LogP contribution in [0.15, 0.2) is 52.7 Å². The van der Waals surface area contributed by atoms with Crippen molar-refractivity contribution in [3.63, 3.8) is 0 Å². The van der Waals surface area contributed by atoms with Crippen LogP contribution in [0.25, 0.3) is 20.8 Å². The van der Waals surface area contributed by atoms with Crippen molar-refractivity contribution in [2.45, 2.75) is 61.8 Å². The van der Waals surface area contributed by atoms with Gasteiger partial charge in [0.25, 0.3) is 0 Å². The molecule has 2 N–H and O–H groups in total. The van der Waals surface area contributed by atoms with Crippen molar-refractivity contribution in [2.24, 2.45) is 0 Å². The molecule has 16 heteroatoms. The summed E-state index contributed by atoms with van der Waals surface area (Å²) >= 11 is 9.55. The number of nitrogen functional groups attached to an aromatic ring is 1. The van der Waals surface area contributed by atoms with Gasteiger partial charge in [0.15, 0.2) is 18.3 Å². The van der Waals surface area contributed by atoms with Crippen molar-refractivity contribution in [2.75, 3.05) is 12.3 Å². The predicted octanol–water partition coefficient (Wildman–Crippen LogP) is 5.67. The molecule has 0 bridgehead atoms. The lowest BCUT2D eigenvalue weighted by Gasteiger charge is -2.44. The molecule has 1 aliphatic rings. The number of ether oxygens (including phenoxy) is 5. The largest absolute Gasteiger partial charge is 0.463 e. The molecule has 48 heavy (non-hydrogen) atoms. The Morgan fingerprint density at radius 1 is 0.854 bits per heavy atom. The van der Waals surface area contributed by atoms with Crippen LogP contribution in [0.2, 0.25) is 5.02 Å². The smallest absolute Gasteiger partial charge is 0.303 e. The SMILES string of the molecule is CC(=O)OC[C@H]1OC(Sc2sc(C(=O)c3ccc(Cl)cc3)c(N)c2-c2nc3ccccc3s2)[C@H](OC(C)=O)[C@@H](OC(C)=O)[C@H]1OC(C)=O. The third-order valence-electron chi connectivity index (χ3n) is 6.90. The molecule has 0 saturated carbocycles. The van der Waals surface area contributed by atoms with E-state index in [-0.39, 0.29) is 23.0 Å². The summed E-state index contributed by atoms with van der Waals surface area (Å²) in [5, 5.41) is 0.981. The molecule has 1 fully saturated rings. The molecule has 0 spiro atoms. The Bertz CT molecular complexity index is 1840. The van der Waals surface area contributed by atoms with E-state index in [0.717, 1.165) is 54.1 Å². The second kappa shape index (κ2) is 15.0. The van der Waals surface area contributed by atoms with Crippen LogP contribution in [0.1, 0.15) is 42.9 Å². The number of anilines is 1. The Labute approximate surface area is 291 Å². The van der Waals surface area contributed by atoms with Crippen LogP contribution in [-0.4, -0.2) is 71.1 Å². The number of rotatable bonds is 10. The van der Waals surface area contributed by atoms with Gasteiger partial charge in [-0.05, 0) is 36.4 Å². The molecule has 0 amide bonds. The van der Waals surface area contributed by atoms with Crippen LogP contribution in [0.4, 0.5) is 5.69 Å². The van der Waals surface area contributed by atoms with E-state index >= 15 is 0 Å². The van der Waals surface area contributed by atoms with E-state index in [9.17, 15) is 24.0 Å². The molecule has 1 unspecified atom stereocenters. The molecule has 3 heterocycles. The first-order valence-electron chi connectivity index (χ1n) is 14.4. The van der Waals surface area contributed by atoms with E-state index in [1.807, 2.05) is 24.3 Å². The third-order valence-corrected chi connectivity index (χ3v) is 10.8. The summed E-state index contributed by atoms with van der Waals surface area (Å²) < 4.78 is 29.6. The van der Waals surface area contributed by atoms with Gasteiger partial charge in [0, 0.05) is 38.3 Å². The molecule has 12 nitrogen and oxygen atoms in total. The van der Waals surface area contributed by atoms with Crippen LogP contribution in [0, 0.1) is 0 Å². The molecule has 2 aromatic heterocycles. The molecular weight excluding hydrogens is 704 g/mol. The van der Waals surface area contributed by atoms with Crippen molar-refractivity contribution in [3.8, 4) is 10.6 Å². The molecule has 252 valence electrons. The van der Waals surface area contributed by atoms with Crippen molar-refractivity contribution >= 4 is 91.6 Å². The molecule has 2 aromatic carbocycles. The van der Waals surface area contributed by atoms with Gasteiger partial charge < -0.3 is 29.4 Å². The van der Waals surface area contributed by atoms with Gasteiger partial charge in [-0.3, -0.25) is 24.0 Å². The second-order valence-electron chi connectivity index (χ2n) is 10.5. The number of fused-ring (bicyclic) bond motifs is 1. The topological polar surface area (TPSA) is 170 Å². The minimum absolute atomic E-state index is 0.173. The van der Waals surface area contributed by atoms with Crippen LogP contribution in [0.3, 0.4) is 0 Å². The number of aromatic nitrogens is 1. The fourth-order valence-corrected chi connectivity index (χ4v) is 8.99. The summed E-state index contributed by atoms with van der Waals surface area (Å²) in [5.41, 5.74) is 7.29. The standard InChI is InChI=1S/C32H29ClN2O10S3/c1-14(36)41-13-21-26(42-15(2)37)27(43-16(3)38)28(44-17(4)39)31(45-21)48-32-23(30-35-20-7-5-6-8-22(20)46-30)24(34)29(47-32)25(40)18-9-11-19(33)12-10-18/h5-12,21,26-28,31H,13,34H2,1-4H3/t21-,26+,27+,28-,31?/m1/s1. The average Bonchev–Trinajstić information content (AvgIpc) is 3.58. The maximum absolute atomic E-state index is 13.8. The summed E-state index contributed by atoms with van der Waals surface area (Å²) in [6.45, 7) is 4.27. The number of carbonyl (C=O) groups is 5. The van der Waals surface area contributed by atoms with Gasteiger partial charge in [0.05, 0.1) is 30.6 Å². The van der Waals surface area contributed by atoms with Gasteiger partial charge >= 0.3 is 23.9 Å². The first kappa shape index (κ1) is 35.3. The minimum Gasteiger partial charge on any atom is -0.463 e. The Morgan fingerprint density at radius 2 is 1.48 bits per heavy atom. The van der Waals surface area contributed by atoms with E-state index in [1.54, 1.807) is 24.3 Å². The number of benzene rings is 2. The van der Waals surface area contributed by atoms with E-state index in [0.29, 0.717) is 25.4 Å². The number of ketones is 1. The lowest BCUT2D eigenvalue weighted by atomic mass is 9.99. The van der Waals surface area contributed by atoms with Gasteiger partial charge in [-0.1, -0.05) is 35.5 Å². The lowest BCUT2D eigenvalue weighted by molar-refractivity contribution is -0.237. The van der Waals surface area contributed by atoms with Crippen LogP contribution in [-0.2, 0) is 42.9 Å². The van der Waals surface area contributed by atoms with Crippen molar-refractivity contribution in [1.29, 1.82) is 0 Å². The van der Waals surface area contributed by atoms with Crippen molar-refractivity contribution in [1.82, 2.24) is 4.98 Å². The summed E-state index contributed by atoms with van der Waals surface area (Å²) in [6, 6.07) is 13.9. The number of esters is 4. The minimum atomic E-state index is -1.36. The van der Waals surface area contributed by atoms with E-state index in [4.69, 9.17) is 46.0 Å². The maximum atomic E-state index is 13.8. The van der Waals surface area contributed by atoms with Crippen LogP contribution >= 0.6 is 46.0 Å². The highest BCUT2D eigenvalue weighted by Crippen LogP contribution is 2.50. The summed E-state index contributed by atoms with van der Waals surface area (Å²) in [5.74, 6) is -3.22. The van der Waals surface area contributed by atoms with Crippen LogP contribution < -0.4 is 5.73 Å². The summed E-state index contributed by atoms with van der Waals surface area (Å²) in [4.78, 5) is 67.4. The Kier molecular flexibility index (Phi) is 11.1. The Morgan fingerprint density at radius 3 is 2.10 bits per heavy atom. The molecular formula is C32H29ClN2O10S3. The highest BCUT2D eigenvalue weighted by Gasteiger charge is 2.53. The first-order valence-corrected chi connectivity index (χ1v) is 17.3. The number of nitrogens with two attached hydrogens (primary N) is 1. The number of carbonyl (C=O) groups excluding carboxylic acids is 5. The molecule has 1 aliphatic heterocycles. The van der Waals surface area contributed by atoms with Crippen molar-refractivity contribution in [3.05, 3.63) is 64.0 Å². The normalized spacial score (nSPS) is 20.6. The zero-order chi connectivity index (χ0) is 34.7. The molecule has 0 aliphatic carbocycles. The number of hydrogen-bond acceptors (Lipinski definition) is 15. The van der Waals surface area contributed by atoms with E-state index in [2.05, 4.69) is 0 Å². The summed E-state index contributed by atoms with van der Waals surface area (Å²) in [7, 11) is 0. The zero-order valence-electron chi connectivity index (χ0n) is 25.9.